The molecule has 0 bridgehead atoms. The minimum absolute atomic E-state index is 0.697. The lowest BCUT2D eigenvalue weighted by Crippen LogP contribution is -2.11. The third kappa shape index (κ3) is 3.34. The Morgan fingerprint density at radius 1 is 1.39 bits per heavy atom. The van der Waals surface area contributed by atoms with E-state index in [1.165, 1.54) is 0 Å². The first-order valence-corrected chi connectivity index (χ1v) is 6.67. The molecular weight excluding hydrogens is 294 g/mol. The summed E-state index contributed by atoms with van der Waals surface area (Å²) < 4.78 is 8.42. The molecule has 96 valence electrons. The molecule has 0 radical (unpaired) electrons. The van der Waals surface area contributed by atoms with Gasteiger partial charge in [0.15, 0.2) is 5.75 Å². The van der Waals surface area contributed by atoms with Crippen LogP contribution in [0.3, 0.4) is 0 Å². The van der Waals surface area contributed by atoms with E-state index in [2.05, 4.69) is 26.3 Å². The molecule has 0 aliphatic heterocycles. The quantitative estimate of drug-likeness (QED) is 0.834. The van der Waals surface area contributed by atoms with Crippen LogP contribution in [0, 0.1) is 0 Å². The molecule has 0 fully saturated rings. The highest BCUT2D eigenvalue weighted by molar-refractivity contribution is 9.10. The van der Waals surface area contributed by atoms with Gasteiger partial charge in [-0.05, 0) is 48.1 Å². The van der Waals surface area contributed by atoms with Gasteiger partial charge >= 0.3 is 0 Å². The van der Waals surface area contributed by atoms with Crippen LogP contribution in [0.5, 0.6) is 5.75 Å². The number of aromatic nitrogens is 2. The summed E-state index contributed by atoms with van der Waals surface area (Å²) in [6, 6.07) is 7.95. The maximum Gasteiger partial charge on any atom is 0.157 e. The second kappa shape index (κ2) is 6.56. The first-order chi connectivity index (χ1) is 8.81. The third-order valence-corrected chi connectivity index (χ3v) is 3.17. The Hall–Kier alpha value is -1.33. The van der Waals surface area contributed by atoms with E-state index < -0.39 is 0 Å². The first kappa shape index (κ1) is 13.1. The van der Waals surface area contributed by atoms with Crippen LogP contribution in [-0.2, 0) is 0 Å². The van der Waals surface area contributed by atoms with Gasteiger partial charge in [-0.25, -0.2) is 4.68 Å². The number of rotatable bonds is 6. The molecule has 0 amide bonds. The zero-order chi connectivity index (χ0) is 12.8. The smallest absolute Gasteiger partial charge is 0.157 e. The summed E-state index contributed by atoms with van der Waals surface area (Å²) in [4.78, 5) is 0. The molecule has 0 atom stereocenters. The summed E-state index contributed by atoms with van der Waals surface area (Å²) in [6.45, 7) is 1.65. The molecule has 5 heteroatoms. The van der Waals surface area contributed by atoms with Crippen LogP contribution >= 0.6 is 15.9 Å². The lowest BCUT2D eigenvalue weighted by molar-refractivity contribution is 0.309. The van der Waals surface area contributed by atoms with Crippen LogP contribution in [0.2, 0.25) is 0 Å². The van der Waals surface area contributed by atoms with Crippen LogP contribution in [-0.4, -0.2) is 30.0 Å². The third-order valence-electron chi connectivity index (χ3n) is 2.50. The highest BCUT2D eigenvalue weighted by atomic mass is 79.9. The number of ether oxygens (including phenoxy) is 1. The van der Waals surface area contributed by atoms with E-state index in [9.17, 15) is 0 Å². The Kier molecular flexibility index (Phi) is 4.78. The van der Waals surface area contributed by atoms with Crippen molar-refractivity contribution in [2.75, 3.05) is 20.2 Å². The average molecular weight is 310 g/mol. The summed E-state index contributed by atoms with van der Waals surface area (Å²) in [5.41, 5.74) is 1.00. The van der Waals surface area contributed by atoms with E-state index >= 15 is 0 Å². The largest absolute Gasteiger partial charge is 0.490 e. The van der Waals surface area contributed by atoms with Crippen molar-refractivity contribution in [3.8, 4) is 11.4 Å². The van der Waals surface area contributed by atoms with Gasteiger partial charge in [0.05, 0.1) is 24.7 Å². The highest BCUT2D eigenvalue weighted by Crippen LogP contribution is 2.21. The monoisotopic (exact) mass is 309 g/mol. The molecule has 18 heavy (non-hydrogen) atoms. The van der Waals surface area contributed by atoms with Crippen LogP contribution < -0.4 is 10.1 Å². The fourth-order valence-electron chi connectivity index (χ4n) is 1.59. The van der Waals surface area contributed by atoms with Crippen molar-refractivity contribution in [1.82, 2.24) is 15.1 Å². The van der Waals surface area contributed by atoms with Crippen molar-refractivity contribution < 1.29 is 4.74 Å². The Morgan fingerprint density at radius 3 is 3.00 bits per heavy atom. The summed E-state index contributed by atoms with van der Waals surface area (Å²) in [5, 5.41) is 7.38. The number of para-hydroxylation sites is 1. The molecule has 2 rings (SSSR count). The van der Waals surface area contributed by atoms with Gasteiger partial charge in [-0.15, -0.1) is 0 Å². The lowest BCUT2D eigenvalue weighted by Gasteiger charge is -2.04. The van der Waals surface area contributed by atoms with Crippen molar-refractivity contribution in [2.24, 2.45) is 0 Å². The van der Waals surface area contributed by atoms with Gasteiger partial charge in [0.25, 0.3) is 0 Å². The molecular formula is C13H16BrN3O. The second-order valence-corrected chi connectivity index (χ2v) is 4.73. The summed E-state index contributed by atoms with van der Waals surface area (Å²) in [5.74, 6) is 0.793. The van der Waals surface area contributed by atoms with Crippen molar-refractivity contribution in [1.29, 1.82) is 0 Å². The zero-order valence-corrected chi connectivity index (χ0v) is 11.9. The first-order valence-electron chi connectivity index (χ1n) is 5.88. The van der Waals surface area contributed by atoms with Crippen molar-refractivity contribution in [3.05, 3.63) is 41.1 Å². The molecule has 0 saturated carbocycles. The topological polar surface area (TPSA) is 39.1 Å². The Morgan fingerprint density at radius 2 is 2.22 bits per heavy atom. The van der Waals surface area contributed by atoms with Crippen LogP contribution in [0.15, 0.2) is 41.1 Å². The van der Waals surface area contributed by atoms with Crippen molar-refractivity contribution >= 4 is 15.9 Å². The summed E-state index contributed by atoms with van der Waals surface area (Å²) >= 11 is 3.51. The van der Waals surface area contributed by atoms with E-state index in [0.29, 0.717) is 6.61 Å². The fourth-order valence-corrected chi connectivity index (χ4v) is 2.06. The Labute approximate surface area is 115 Å². The summed E-state index contributed by atoms with van der Waals surface area (Å²) in [7, 11) is 1.94. The molecule has 1 aromatic heterocycles. The van der Waals surface area contributed by atoms with E-state index in [1.54, 1.807) is 10.9 Å². The number of halogens is 1. The number of hydrogen-bond donors (Lipinski definition) is 1. The molecule has 0 saturated heterocycles. The predicted octanol–water partition coefficient (Wildman–Crippen LogP) is 2.62. The van der Waals surface area contributed by atoms with E-state index in [4.69, 9.17) is 4.74 Å². The number of nitrogens with one attached hydrogen (secondary N) is 1. The minimum atomic E-state index is 0.697. The minimum Gasteiger partial charge on any atom is -0.490 e. The van der Waals surface area contributed by atoms with Gasteiger partial charge in [0, 0.05) is 4.47 Å². The van der Waals surface area contributed by atoms with E-state index in [1.807, 2.05) is 37.5 Å². The van der Waals surface area contributed by atoms with Crippen LogP contribution in [0.25, 0.3) is 5.69 Å². The predicted molar refractivity (Wildman–Crippen MR) is 75.3 cm³/mol. The molecule has 0 spiro atoms. The van der Waals surface area contributed by atoms with Gasteiger partial charge in [-0.2, -0.15) is 5.10 Å². The lowest BCUT2D eigenvalue weighted by atomic mass is 10.3. The zero-order valence-electron chi connectivity index (χ0n) is 10.3. The molecule has 4 nitrogen and oxygen atoms in total. The number of hydrogen-bond acceptors (Lipinski definition) is 3. The van der Waals surface area contributed by atoms with Gasteiger partial charge < -0.3 is 10.1 Å². The maximum atomic E-state index is 5.61. The van der Waals surface area contributed by atoms with Crippen molar-refractivity contribution in [3.63, 3.8) is 0 Å². The van der Waals surface area contributed by atoms with Gasteiger partial charge in [-0.3, -0.25) is 0 Å². The Balaban J connectivity index is 2.00. The highest BCUT2D eigenvalue weighted by Gasteiger charge is 2.04. The van der Waals surface area contributed by atoms with Gasteiger partial charge in [0.2, 0.25) is 0 Å². The molecule has 0 aliphatic carbocycles. The van der Waals surface area contributed by atoms with Crippen molar-refractivity contribution in [2.45, 2.75) is 6.42 Å². The van der Waals surface area contributed by atoms with Crippen LogP contribution in [0.1, 0.15) is 6.42 Å². The van der Waals surface area contributed by atoms with Crippen LogP contribution in [0.4, 0.5) is 0 Å². The number of nitrogens with zero attached hydrogens (tertiary/aromatic N) is 2. The number of benzene rings is 1. The molecule has 0 aliphatic rings. The maximum absolute atomic E-state index is 5.61. The Bertz CT molecular complexity index is 498. The summed E-state index contributed by atoms with van der Waals surface area (Å²) in [6.07, 6.45) is 4.61. The van der Waals surface area contributed by atoms with E-state index in [-0.39, 0.29) is 0 Å². The van der Waals surface area contributed by atoms with Gasteiger partial charge in [0.1, 0.15) is 0 Å². The SMILES string of the molecule is CNCCCOc1cnn(-c2ccccc2Br)c1. The molecule has 1 N–H and O–H groups in total. The molecule has 1 heterocycles. The second-order valence-electron chi connectivity index (χ2n) is 3.88. The standard InChI is InChI=1S/C13H16BrN3O/c1-15-7-4-8-18-11-9-16-17(10-11)13-6-3-2-5-12(13)14/h2-3,5-6,9-10,15H,4,7-8H2,1H3. The fraction of sp³-hybridized carbons (Fsp3) is 0.308. The van der Waals surface area contributed by atoms with E-state index in [0.717, 1.165) is 28.9 Å². The average Bonchev–Trinajstić information content (AvgIpc) is 2.84. The molecule has 0 unspecified atom stereocenters. The van der Waals surface area contributed by atoms with Gasteiger partial charge in [-0.1, -0.05) is 12.1 Å². The molecule has 1 aromatic carbocycles. The molecule has 2 aromatic rings. The normalized spacial score (nSPS) is 10.6.